The highest BCUT2D eigenvalue weighted by atomic mass is 32.2. The summed E-state index contributed by atoms with van der Waals surface area (Å²) in [6, 6.07) is 6.81. The molecule has 2 aromatic rings. The van der Waals surface area contributed by atoms with Crippen LogP contribution >= 0.6 is 0 Å². The molecule has 0 radical (unpaired) electrons. The van der Waals surface area contributed by atoms with Crippen LogP contribution in [0.1, 0.15) is 76.8 Å². The van der Waals surface area contributed by atoms with E-state index in [-0.39, 0.29) is 5.75 Å². The first-order chi connectivity index (χ1) is 16.8. The van der Waals surface area contributed by atoms with Crippen molar-refractivity contribution in [2.24, 2.45) is 17.0 Å². The fourth-order valence-corrected chi connectivity index (χ4v) is 7.13. The Morgan fingerprint density at radius 1 is 0.971 bits per heavy atom. The third-order valence-corrected chi connectivity index (χ3v) is 9.21. The first kappa shape index (κ1) is 25.1. The molecule has 3 fully saturated rings. The van der Waals surface area contributed by atoms with Crippen LogP contribution in [0.25, 0.3) is 10.9 Å². The lowest BCUT2D eigenvalue weighted by atomic mass is 9.79. The van der Waals surface area contributed by atoms with Gasteiger partial charge in [0.1, 0.15) is 5.75 Å². The second kappa shape index (κ2) is 10.4. The number of piperidine rings is 1. The van der Waals surface area contributed by atoms with E-state index < -0.39 is 10.3 Å². The lowest BCUT2D eigenvalue weighted by Gasteiger charge is -2.42. The molecule has 2 saturated heterocycles. The zero-order valence-electron chi connectivity index (χ0n) is 21.4. The second-order valence-electron chi connectivity index (χ2n) is 11.4. The molecule has 2 aliphatic heterocycles. The number of nitrogens with two attached hydrogens (primary N) is 1. The zero-order chi connectivity index (χ0) is 24.6. The normalized spacial score (nSPS) is 25.6. The van der Waals surface area contributed by atoms with Gasteiger partial charge in [-0.2, -0.15) is 13.6 Å². The zero-order valence-corrected chi connectivity index (χ0v) is 22.2. The predicted octanol–water partition coefficient (Wildman–Crippen LogP) is 4.67. The van der Waals surface area contributed by atoms with Crippen LogP contribution < -0.4 is 9.32 Å². The summed E-state index contributed by atoms with van der Waals surface area (Å²) < 4.78 is 30.5. The summed E-state index contributed by atoms with van der Waals surface area (Å²) in [5.41, 5.74) is 2.41. The molecule has 3 heterocycles. The molecule has 194 valence electrons. The smallest absolute Gasteiger partial charge is 0.371 e. The SMILES string of the molecule is CC(C)C1CCC(N2CCC(n3cc(CN4CCCC4)c4cc(OS(N)(=O)=O)ccc43)CC2)CC1. The van der Waals surface area contributed by atoms with Gasteiger partial charge in [0.15, 0.2) is 0 Å². The van der Waals surface area contributed by atoms with E-state index in [1.165, 1.54) is 44.1 Å². The fraction of sp³-hybridized carbons (Fsp3) is 0.704. The monoisotopic (exact) mass is 502 g/mol. The number of aromatic nitrogens is 1. The van der Waals surface area contributed by atoms with E-state index in [4.69, 9.17) is 9.32 Å². The first-order valence-electron chi connectivity index (χ1n) is 13.6. The Bertz CT molecular complexity index is 1110. The van der Waals surface area contributed by atoms with Crippen LogP contribution in [0.15, 0.2) is 24.4 Å². The highest BCUT2D eigenvalue weighted by Gasteiger charge is 2.31. The Morgan fingerprint density at radius 3 is 2.29 bits per heavy atom. The van der Waals surface area contributed by atoms with Crippen LogP contribution in [-0.4, -0.2) is 55.0 Å². The van der Waals surface area contributed by atoms with Crippen molar-refractivity contribution < 1.29 is 12.6 Å². The molecule has 7 nitrogen and oxygen atoms in total. The van der Waals surface area contributed by atoms with Crippen molar-refractivity contribution in [2.75, 3.05) is 26.2 Å². The molecule has 5 rings (SSSR count). The maximum absolute atomic E-state index is 11.5. The second-order valence-corrected chi connectivity index (χ2v) is 12.5. The van der Waals surface area contributed by atoms with Crippen LogP contribution in [0.2, 0.25) is 0 Å². The van der Waals surface area contributed by atoms with E-state index >= 15 is 0 Å². The number of hydrogen-bond donors (Lipinski definition) is 1. The molecular formula is C27H42N4O3S. The van der Waals surface area contributed by atoms with Crippen molar-refractivity contribution in [3.63, 3.8) is 0 Å². The number of fused-ring (bicyclic) bond motifs is 1. The fourth-order valence-electron chi connectivity index (χ4n) is 6.76. The van der Waals surface area contributed by atoms with E-state index in [2.05, 4.69) is 34.4 Å². The van der Waals surface area contributed by atoms with Gasteiger partial charge >= 0.3 is 10.3 Å². The van der Waals surface area contributed by atoms with Gasteiger partial charge in [-0.25, -0.2) is 0 Å². The molecule has 1 aromatic heterocycles. The minimum Gasteiger partial charge on any atom is -0.371 e. The van der Waals surface area contributed by atoms with Gasteiger partial charge in [0.2, 0.25) is 0 Å². The van der Waals surface area contributed by atoms with Gasteiger partial charge in [-0.05, 0) is 100 Å². The number of nitrogens with zero attached hydrogens (tertiary/aromatic N) is 3. The third-order valence-electron chi connectivity index (χ3n) is 8.79. The van der Waals surface area contributed by atoms with E-state index in [9.17, 15) is 8.42 Å². The van der Waals surface area contributed by atoms with Gasteiger partial charge in [-0.15, -0.1) is 0 Å². The van der Waals surface area contributed by atoms with Gasteiger partial charge in [-0.1, -0.05) is 13.8 Å². The average Bonchev–Trinajstić information content (AvgIpc) is 3.47. The van der Waals surface area contributed by atoms with Gasteiger partial charge in [-0.3, -0.25) is 4.90 Å². The standard InChI is InChI=1S/C27H42N4O3S/c1-20(2)21-5-7-23(8-6-21)30-15-11-24(12-16-30)31-19-22(18-29-13-3-4-14-29)26-17-25(9-10-27(26)31)34-35(28,32)33/h9-10,17,19-21,23-24H,3-8,11-16,18H2,1-2H3,(H2,28,32,33). The van der Waals surface area contributed by atoms with E-state index in [0.29, 0.717) is 6.04 Å². The third kappa shape index (κ3) is 5.87. The largest absolute Gasteiger partial charge is 0.380 e. The predicted molar refractivity (Wildman–Crippen MR) is 141 cm³/mol. The number of hydrogen-bond acceptors (Lipinski definition) is 5. The molecule has 8 heteroatoms. The summed E-state index contributed by atoms with van der Waals surface area (Å²) in [6.07, 6.45) is 12.6. The van der Waals surface area contributed by atoms with Crippen LogP contribution in [0.4, 0.5) is 0 Å². The summed E-state index contributed by atoms with van der Waals surface area (Å²) in [4.78, 5) is 5.24. The molecule has 1 saturated carbocycles. The minimum absolute atomic E-state index is 0.284. The quantitative estimate of drug-likeness (QED) is 0.595. The van der Waals surface area contributed by atoms with Gasteiger partial charge in [0.25, 0.3) is 0 Å². The molecule has 1 aromatic carbocycles. The van der Waals surface area contributed by atoms with Crippen LogP contribution in [0.5, 0.6) is 5.75 Å². The molecular weight excluding hydrogens is 460 g/mol. The average molecular weight is 503 g/mol. The Kier molecular flexibility index (Phi) is 7.45. The summed E-state index contributed by atoms with van der Waals surface area (Å²) in [7, 11) is -4.04. The molecule has 0 amide bonds. The molecule has 1 aliphatic carbocycles. The van der Waals surface area contributed by atoms with Crippen LogP contribution in [0, 0.1) is 11.8 Å². The van der Waals surface area contributed by atoms with Crippen molar-refractivity contribution in [1.29, 1.82) is 0 Å². The van der Waals surface area contributed by atoms with Crippen molar-refractivity contribution in [1.82, 2.24) is 14.4 Å². The van der Waals surface area contributed by atoms with Crippen LogP contribution in [0.3, 0.4) is 0 Å². The lowest BCUT2D eigenvalue weighted by Crippen LogP contribution is -2.43. The molecule has 0 spiro atoms. The van der Waals surface area contributed by atoms with Crippen molar-refractivity contribution in [3.05, 3.63) is 30.0 Å². The van der Waals surface area contributed by atoms with Crippen molar-refractivity contribution in [2.45, 2.75) is 83.8 Å². The molecule has 0 atom stereocenters. The lowest BCUT2D eigenvalue weighted by molar-refractivity contribution is 0.0893. The topological polar surface area (TPSA) is 80.8 Å². The molecule has 3 aliphatic rings. The Labute approximate surface area is 210 Å². The molecule has 2 N–H and O–H groups in total. The number of likely N-dealkylation sites (tertiary alicyclic amines) is 2. The molecule has 0 unspecified atom stereocenters. The maximum atomic E-state index is 11.5. The Balaban J connectivity index is 1.32. The van der Waals surface area contributed by atoms with Gasteiger partial charge < -0.3 is 13.7 Å². The molecule has 35 heavy (non-hydrogen) atoms. The van der Waals surface area contributed by atoms with Crippen molar-refractivity contribution >= 4 is 21.2 Å². The van der Waals surface area contributed by atoms with E-state index in [0.717, 1.165) is 74.3 Å². The van der Waals surface area contributed by atoms with Gasteiger partial charge in [0.05, 0.1) is 0 Å². The van der Waals surface area contributed by atoms with E-state index in [1.54, 1.807) is 6.07 Å². The summed E-state index contributed by atoms with van der Waals surface area (Å²) in [5.74, 6) is 2.01. The number of benzene rings is 1. The van der Waals surface area contributed by atoms with Crippen molar-refractivity contribution in [3.8, 4) is 5.75 Å². The maximum Gasteiger partial charge on any atom is 0.380 e. The highest BCUT2D eigenvalue weighted by Crippen LogP contribution is 2.37. The molecule has 0 bridgehead atoms. The summed E-state index contributed by atoms with van der Waals surface area (Å²) in [5, 5.41) is 6.21. The Morgan fingerprint density at radius 2 is 1.66 bits per heavy atom. The highest BCUT2D eigenvalue weighted by molar-refractivity contribution is 7.84. The summed E-state index contributed by atoms with van der Waals surface area (Å²) >= 11 is 0. The van der Waals surface area contributed by atoms with Crippen LogP contribution in [-0.2, 0) is 16.8 Å². The summed E-state index contributed by atoms with van der Waals surface area (Å²) in [6.45, 7) is 10.2. The van der Waals surface area contributed by atoms with Gasteiger partial charge in [0, 0.05) is 48.8 Å². The minimum atomic E-state index is -4.04. The Hall–Kier alpha value is -1.61. The number of rotatable bonds is 7. The van der Waals surface area contributed by atoms with E-state index in [1.807, 2.05) is 12.1 Å². The first-order valence-corrected chi connectivity index (χ1v) is 15.1.